The third-order valence-corrected chi connectivity index (χ3v) is 3.36. The fraction of sp³-hybridized carbons (Fsp3) is 0.188. The van der Waals surface area contributed by atoms with E-state index < -0.39 is 6.09 Å². The smallest absolute Gasteiger partial charge is 0.411 e. The van der Waals surface area contributed by atoms with Crippen LogP contribution in [-0.2, 0) is 17.7 Å². The molecule has 2 aromatic carbocycles. The van der Waals surface area contributed by atoms with Crippen molar-refractivity contribution in [3.63, 3.8) is 0 Å². The van der Waals surface area contributed by atoms with Crippen molar-refractivity contribution in [1.29, 1.82) is 0 Å². The fourth-order valence-electron chi connectivity index (χ4n) is 2.24. The van der Waals surface area contributed by atoms with Crippen molar-refractivity contribution in [2.75, 3.05) is 17.2 Å². The van der Waals surface area contributed by atoms with E-state index in [0.29, 0.717) is 19.6 Å². The number of anilines is 2. The maximum absolute atomic E-state index is 12.8. The van der Waals surface area contributed by atoms with Gasteiger partial charge >= 0.3 is 6.09 Å². The summed E-state index contributed by atoms with van der Waals surface area (Å²) in [5, 5.41) is 5.99. The van der Waals surface area contributed by atoms with Crippen molar-refractivity contribution in [3.05, 3.63) is 59.4 Å². The van der Waals surface area contributed by atoms with Gasteiger partial charge in [0.05, 0.1) is 6.61 Å². The Morgan fingerprint density at radius 2 is 2.00 bits per heavy atom. The van der Waals surface area contributed by atoms with E-state index in [1.807, 2.05) is 18.2 Å². The van der Waals surface area contributed by atoms with Gasteiger partial charge in [-0.15, -0.1) is 0 Å². The lowest BCUT2D eigenvalue weighted by Gasteiger charge is -2.10. The van der Waals surface area contributed by atoms with Gasteiger partial charge in [-0.2, -0.15) is 0 Å². The van der Waals surface area contributed by atoms with Crippen LogP contribution in [-0.4, -0.2) is 12.7 Å². The highest BCUT2D eigenvalue weighted by atomic mass is 19.1. The Kier molecular flexibility index (Phi) is 3.73. The van der Waals surface area contributed by atoms with E-state index in [0.717, 1.165) is 22.5 Å². The molecule has 4 nitrogen and oxygen atoms in total. The zero-order valence-electron chi connectivity index (χ0n) is 11.4. The highest BCUT2D eigenvalue weighted by Crippen LogP contribution is 2.23. The highest BCUT2D eigenvalue weighted by Gasteiger charge is 2.13. The summed E-state index contributed by atoms with van der Waals surface area (Å²) in [6, 6.07) is 12.1. The summed E-state index contributed by atoms with van der Waals surface area (Å²) in [5.74, 6) is -0.237. The van der Waals surface area contributed by atoms with E-state index in [-0.39, 0.29) is 5.82 Å². The first-order chi connectivity index (χ1) is 10.2. The Balaban J connectivity index is 1.70. The van der Waals surface area contributed by atoms with E-state index in [1.165, 1.54) is 12.1 Å². The van der Waals surface area contributed by atoms with Crippen molar-refractivity contribution in [2.45, 2.75) is 13.0 Å². The molecule has 0 spiro atoms. The Bertz CT molecular complexity index is 656. The zero-order valence-corrected chi connectivity index (χ0v) is 11.4. The summed E-state index contributed by atoms with van der Waals surface area (Å²) < 4.78 is 17.8. The number of benzene rings is 2. The molecule has 0 saturated heterocycles. The quantitative estimate of drug-likeness (QED) is 0.907. The molecule has 1 aliphatic rings. The molecule has 108 valence electrons. The number of halogens is 1. The van der Waals surface area contributed by atoms with Gasteiger partial charge < -0.3 is 10.1 Å². The first kappa shape index (κ1) is 13.4. The minimum absolute atomic E-state index is 0.237. The Morgan fingerprint density at radius 1 is 1.19 bits per heavy atom. The molecule has 0 fully saturated rings. The van der Waals surface area contributed by atoms with Crippen LogP contribution in [0.4, 0.5) is 20.6 Å². The van der Waals surface area contributed by atoms with Crippen LogP contribution < -0.4 is 10.6 Å². The zero-order chi connectivity index (χ0) is 14.7. The second-order valence-corrected chi connectivity index (χ2v) is 4.86. The summed E-state index contributed by atoms with van der Waals surface area (Å²) in [5.41, 5.74) is 3.77. The van der Waals surface area contributed by atoms with Gasteiger partial charge in [-0.05, 0) is 41.5 Å². The van der Waals surface area contributed by atoms with Gasteiger partial charge in [0.25, 0.3) is 0 Å². The molecule has 1 heterocycles. The molecule has 0 bridgehead atoms. The van der Waals surface area contributed by atoms with Crippen molar-refractivity contribution >= 4 is 17.5 Å². The molecular formula is C16H15FN2O2. The normalized spacial score (nSPS) is 13.7. The van der Waals surface area contributed by atoms with Crippen LogP contribution in [0.2, 0.25) is 0 Å². The number of rotatable bonds is 3. The topological polar surface area (TPSA) is 50.4 Å². The Morgan fingerprint density at radius 3 is 2.81 bits per heavy atom. The molecule has 0 aliphatic carbocycles. The van der Waals surface area contributed by atoms with Crippen molar-refractivity contribution in [3.8, 4) is 0 Å². The number of amides is 1. The average molecular weight is 286 g/mol. The summed E-state index contributed by atoms with van der Waals surface area (Å²) in [7, 11) is 0. The first-order valence-electron chi connectivity index (χ1n) is 6.76. The summed E-state index contributed by atoms with van der Waals surface area (Å²) in [6.07, 6.45) is 0.265. The molecule has 0 atom stereocenters. The van der Waals surface area contributed by atoms with Crippen molar-refractivity contribution < 1.29 is 13.9 Å². The number of nitrogens with one attached hydrogen (secondary N) is 2. The van der Waals surface area contributed by atoms with Crippen LogP contribution in [0, 0.1) is 5.82 Å². The van der Waals surface area contributed by atoms with Crippen LogP contribution >= 0.6 is 0 Å². The van der Waals surface area contributed by atoms with Gasteiger partial charge in [-0.1, -0.05) is 12.1 Å². The number of cyclic esters (lactones) is 1. The lowest BCUT2D eigenvalue weighted by atomic mass is 10.1. The average Bonchev–Trinajstić information content (AvgIpc) is 2.67. The minimum Gasteiger partial charge on any atom is -0.449 e. The van der Waals surface area contributed by atoms with Crippen LogP contribution in [0.3, 0.4) is 0 Å². The van der Waals surface area contributed by atoms with Gasteiger partial charge in [0.2, 0.25) is 0 Å². The number of fused-ring (bicyclic) bond motifs is 1. The molecular weight excluding hydrogens is 271 g/mol. The number of carbonyl (C=O) groups is 1. The lowest BCUT2D eigenvalue weighted by molar-refractivity contribution is 0.165. The molecule has 0 radical (unpaired) electrons. The maximum atomic E-state index is 12.8. The van der Waals surface area contributed by atoms with Gasteiger partial charge in [0, 0.05) is 24.3 Å². The van der Waals surface area contributed by atoms with E-state index in [4.69, 9.17) is 4.74 Å². The molecule has 0 aromatic heterocycles. The standard InChI is InChI=1S/C16H15FN2O2/c17-13-3-1-11(2-4-13)10-18-14-5-6-15-12(9-14)7-8-21-16(20)19-15/h1-6,9,18H,7-8,10H2,(H,19,20). The summed E-state index contributed by atoms with van der Waals surface area (Å²) in [6.45, 7) is 0.988. The molecule has 3 rings (SSSR count). The summed E-state index contributed by atoms with van der Waals surface area (Å²) >= 11 is 0. The molecule has 1 aliphatic heterocycles. The van der Waals surface area contributed by atoms with Crippen LogP contribution in [0.1, 0.15) is 11.1 Å². The van der Waals surface area contributed by atoms with Crippen molar-refractivity contribution in [1.82, 2.24) is 0 Å². The van der Waals surface area contributed by atoms with E-state index in [2.05, 4.69) is 10.6 Å². The van der Waals surface area contributed by atoms with Gasteiger partial charge in [0.1, 0.15) is 5.82 Å². The molecule has 2 aromatic rings. The van der Waals surface area contributed by atoms with Crippen LogP contribution in [0.15, 0.2) is 42.5 Å². The number of hydrogen-bond acceptors (Lipinski definition) is 3. The van der Waals surface area contributed by atoms with Gasteiger partial charge in [0.15, 0.2) is 0 Å². The maximum Gasteiger partial charge on any atom is 0.411 e. The van der Waals surface area contributed by atoms with E-state index >= 15 is 0 Å². The van der Waals surface area contributed by atoms with Gasteiger partial charge in [-0.3, -0.25) is 5.32 Å². The molecule has 5 heteroatoms. The Hall–Kier alpha value is -2.56. The van der Waals surface area contributed by atoms with Gasteiger partial charge in [-0.25, -0.2) is 9.18 Å². The monoisotopic (exact) mass is 286 g/mol. The highest BCUT2D eigenvalue weighted by molar-refractivity contribution is 5.86. The SMILES string of the molecule is O=C1Nc2ccc(NCc3ccc(F)cc3)cc2CCO1. The minimum atomic E-state index is -0.416. The van der Waals surface area contributed by atoms with Crippen molar-refractivity contribution in [2.24, 2.45) is 0 Å². The number of hydrogen-bond donors (Lipinski definition) is 2. The first-order valence-corrected chi connectivity index (χ1v) is 6.76. The predicted octanol–water partition coefficient (Wildman–Crippen LogP) is 3.54. The molecule has 2 N–H and O–H groups in total. The third-order valence-electron chi connectivity index (χ3n) is 3.36. The largest absolute Gasteiger partial charge is 0.449 e. The molecule has 21 heavy (non-hydrogen) atoms. The number of carbonyl (C=O) groups excluding carboxylic acids is 1. The molecule has 0 unspecified atom stereocenters. The Labute approximate surface area is 121 Å². The predicted molar refractivity (Wildman–Crippen MR) is 78.8 cm³/mol. The third kappa shape index (κ3) is 3.31. The lowest BCUT2D eigenvalue weighted by Crippen LogP contribution is -2.11. The second kappa shape index (κ2) is 5.83. The molecule has 0 saturated carbocycles. The number of ether oxygens (including phenoxy) is 1. The summed E-state index contributed by atoms with van der Waals surface area (Å²) in [4.78, 5) is 11.3. The second-order valence-electron chi connectivity index (χ2n) is 4.86. The van der Waals surface area contributed by atoms with Crippen LogP contribution in [0.25, 0.3) is 0 Å². The van der Waals surface area contributed by atoms with Crippen LogP contribution in [0.5, 0.6) is 0 Å². The van der Waals surface area contributed by atoms with E-state index in [9.17, 15) is 9.18 Å². The molecule has 1 amide bonds. The van der Waals surface area contributed by atoms with E-state index in [1.54, 1.807) is 12.1 Å². The fourth-order valence-corrected chi connectivity index (χ4v) is 2.24.